The van der Waals surface area contributed by atoms with Crippen molar-refractivity contribution in [2.75, 3.05) is 23.0 Å². The van der Waals surface area contributed by atoms with Crippen molar-refractivity contribution in [2.24, 2.45) is 0 Å². The van der Waals surface area contributed by atoms with Gasteiger partial charge in [-0.1, -0.05) is 6.92 Å². The highest BCUT2D eigenvalue weighted by atomic mass is 32.2. The molecule has 5 nitrogen and oxygen atoms in total. The lowest BCUT2D eigenvalue weighted by Crippen LogP contribution is -2.14. The SMILES string of the molecule is CCSc1cc(N)n(C2CCS(=O)(=O)C2)n1. The number of anilines is 1. The third-order valence-corrected chi connectivity index (χ3v) is 5.12. The molecule has 2 rings (SSSR count). The lowest BCUT2D eigenvalue weighted by Gasteiger charge is -2.09. The summed E-state index contributed by atoms with van der Waals surface area (Å²) in [6.07, 6.45) is 0.616. The molecule has 0 spiro atoms. The molecule has 0 aliphatic carbocycles. The fourth-order valence-corrected chi connectivity index (χ4v) is 4.20. The fourth-order valence-electron chi connectivity index (χ4n) is 1.86. The monoisotopic (exact) mass is 261 g/mol. The standard InChI is InChI=1S/C9H15N3O2S2/c1-2-15-9-5-8(10)12(11-9)7-3-4-16(13,14)6-7/h5,7H,2-4,6,10H2,1H3. The van der Waals surface area contributed by atoms with Crippen LogP contribution in [0.25, 0.3) is 0 Å². The van der Waals surface area contributed by atoms with Crippen LogP contribution in [-0.4, -0.2) is 35.5 Å². The second-order valence-corrected chi connectivity index (χ2v) is 7.35. The highest BCUT2D eigenvalue weighted by molar-refractivity contribution is 7.99. The van der Waals surface area contributed by atoms with Gasteiger partial charge in [0.2, 0.25) is 0 Å². The Kier molecular flexibility index (Phi) is 3.16. The molecule has 1 atom stereocenters. The number of nitrogen functional groups attached to an aromatic ring is 1. The van der Waals surface area contributed by atoms with Gasteiger partial charge in [-0.3, -0.25) is 0 Å². The first-order valence-corrected chi connectivity index (χ1v) is 8.01. The highest BCUT2D eigenvalue weighted by Gasteiger charge is 2.30. The fraction of sp³-hybridized carbons (Fsp3) is 0.667. The van der Waals surface area contributed by atoms with Gasteiger partial charge >= 0.3 is 0 Å². The van der Waals surface area contributed by atoms with Crippen LogP contribution in [0.15, 0.2) is 11.1 Å². The summed E-state index contributed by atoms with van der Waals surface area (Å²) < 4.78 is 24.4. The minimum Gasteiger partial charge on any atom is -0.384 e. The molecule has 0 amide bonds. The van der Waals surface area contributed by atoms with Crippen LogP contribution < -0.4 is 5.73 Å². The number of nitrogens with zero attached hydrogens (tertiary/aromatic N) is 2. The third-order valence-electron chi connectivity index (χ3n) is 2.59. The van der Waals surface area contributed by atoms with Crippen molar-refractivity contribution in [3.63, 3.8) is 0 Å². The van der Waals surface area contributed by atoms with Crippen molar-refractivity contribution >= 4 is 27.4 Å². The summed E-state index contributed by atoms with van der Waals surface area (Å²) >= 11 is 1.61. The molecule has 1 unspecified atom stereocenters. The summed E-state index contributed by atoms with van der Waals surface area (Å²) in [5, 5.41) is 5.20. The smallest absolute Gasteiger partial charge is 0.152 e. The quantitative estimate of drug-likeness (QED) is 0.819. The minimum atomic E-state index is -2.89. The van der Waals surface area contributed by atoms with E-state index in [0.717, 1.165) is 10.8 Å². The third kappa shape index (κ3) is 2.35. The summed E-state index contributed by atoms with van der Waals surface area (Å²) in [4.78, 5) is 0. The number of nitrogens with two attached hydrogens (primary N) is 1. The minimum absolute atomic E-state index is 0.0868. The summed E-state index contributed by atoms with van der Waals surface area (Å²) in [7, 11) is -2.89. The molecule has 90 valence electrons. The average Bonchev–Trinajstić information content (AvgIpc) is 2.70. The van der Waals surface area contributed by atoms with Crippen molar-refractivity contribution in [1.29, 1.82) is 0 Å². The van der Waals surface area contributed by atoms with E-state index in [9.17, 15) is 8.42 Å². The van der Waals surface area contributed by atoms with Crippen LogP contribution in [0.3, 0.4) is 0 Å². The summed E-state index contributed by atoms with van der Waals surface area (Å²) in [6, 6.07) is 1.72. The Hall–Kier alpha value is -0.690. The molecule has 0 radical (unpaired) electrons. The predicted octanol–water partition coefficient (Wildman–Crippen LogP) is 0.937. The van der Waals surface area contributed by atoms with Crippen LogP contribution in [0.2, 0.25) is 0 Å². The molecule has 1 aromatic rings. The van der Waals surface area contributed by atoms with E-state index in [-0.39, 0.29) is 17.5 Å². The van der Waals surface area contributed by atoms with Crippen LogP contribution in [0, 0.1) is 0 Å². The van der Waals surface area contributed by atoms with Crippen molar-refractivity contribution in [3.8, 4) is 0 Å². The number of thioether (sulfide) groups is 1. The normalized spacial score (nSPS) is 23.7. The zero-order valence-electron chi connectivity index (χ0n) is 9.09. The maximum Gasteiger partial charge on any atom is 0.152 e. The number of hydrogen-bond acceptors (Lipinski definition) is 5. The van der Waals surface area contributed by atoms with Gasteiger partial charge in [0.25, 0.3) is 0 Å². The molecule has 16 heavy (non-hydrogen) atoms. The average molecular weight is 261 g/mol. The topological polar surface area (TPSA) is 78.0 Å². The van der Waals surface area contributed by atoms with Crippen molar-refractivity contribution in [2.45, 2.75) is 24.4 Å². The summed E-state index contributed by atoms with van der Waals surface area (Å²) in [5.41, 5.74) is 5.83. The van der Waals surface area contributed by atoms with E-state index < -0.39 is 9.84 Å². The number of hydrogen-bond donors (Lipinski definition) is 1. The van der Waals surface area contributed by atoms with E-state index in [1.165, 1.54) is 0 Å². The van der Waals surface area contributed by atoms with Gasteiger partial charge in [0, 0.05) is 6.07 Å². The molecular weight excluding hydrogens is 246 g/mol. The van der Waals surface area contributed by atoms with Crippen molar-refractivity contribution < 1.29 is 8.42 Å². The lowest BCUT2D eigenvalue weighted by atomic mass is 10.3. The van der Waals surface area contributed by atoms with Gasteiger partial charge in [-0.15, -0.1) is 11.8 Å². The first kappa shape index (κ1) is 11.8. The molecule has 1 fully saturated rings. The van der Waals surface area contributed by atoms with Gasteiger partial charge < -0.3 is 5.73 Å². The molecule has 1 saturated heterocycles. The van der Waals surface area contributed by atoms with Gasteiger partial charge in [0.05, 0.1) is 17.5 Å². The number of aromatic nitrogens is 2. The lowest BCUT2D eigenvalue weighted by molar-refractivity contribution is 0.498. The highest BCUT2D eigenvalue weighted by Crippen LogP contribution is 2.28. The van der Waals surface area contributed by atoms with E-state index in [4.69, 9.17) is 5.73 Å². The predicted molar refractivity (Wildman–Crippen MR) is 65.3 cm³/mol. The molecule has 2 heterocycles. The van der Waals surface area contributed by atoms with Crippen LogP contribution in [-0.2, 0) is 9.84 Å². The van der Waals surface area contributed by atoms with E-state index in [0.29, 0.717) is 12.2 Å². The van der Waals surface area contributed by atoms with Crippen molar-refractivity contribution in [1.82, 2.24) is 9.78 Å². The molecule has 2 N–H and O–H groups in total. The van der Waals surface area contributed by atoms with Crippen LogP contribution >= 0.6 is 11.8 Å². The Bertz CT molecular complexity index is 481. The van der Waals surface area contributed by atoms with Crippen molar-refractivity contribution in [3.05, 3.63) is 6.07 Å². The molecule has 0 saturated carbocycles. The molecule has 0 aromatic carbocycles. The molecule has 7 heteroatoms. The molecule has 0 bridgehead atoms. The van der Waals surface area contributed by atoms with Gasteiger partial charge in [0.15, 0.2) is 9.84 Å². The number of rotatable bonds is 3. The van der Waals surface area contributed by atoms with Crippen LogP contribution in [0.4, 0.5) is 5.82 Å². The van der Waals surface area contributed by atoms with Gasteiger partial charge in [-0.2, -0.15) is 5.10 Å². The van der Waals surface area contributed by atoms with E-state index in [1.54, 1.807) is 22.5 Å². The molecular formula is C9H15N3O2S2. The van der Waals surface area contributed by atoms with Gasteiger partial charge in [0.1, 0.15) is 10.8 Å². The largest absolute Gasteiger partial charge is 0.384 e. The van der Waals surface area contributed by atoms with Gasteiger partial charge in [-0.05, 0) is 12.2 Å². The van der Waals surface area contributed by atoms with E-state index in [1.807, 2.05) is 6.92 Å². The maximum atomic E-state index is 11.4. The van der Waals surface area contributed by atoms with E-state index in [2.05, 4.69) is 5.10 Å². The Morgan fingerprint density at radius 2 is 2.44 bits per heavy atom. The van der Waals surface area contributed by atoms with Crippen LogP contribution in [0.5, 0.6) is 0 Å². The Labute approximate surface area is 99.3 Å². The molecule has 1 aliphatic rings. The second-order valence-electron chi connectivity index (χ2n) is 3.84. The Balaban J connectivity index is 2.21. The second kappa shape index (κ2) is 4.29. The zero-order valence-corrected chi connectivity index (χ0v) is 10.7. The first-order valence-electron chi connectivity index (χ1n) is 5.20. The maximum absolute atomic E-state index is 11.4. The Morgan fingerprint density at radius 1 is 1.69 bits per heavy atom. The summed E-state index contributed by atoms with van der Waals surface area (Å²) in [5.74, 6) is 1.89. The molecule has 1 aliphatic heterocycles. The van der Waals surface area contributed by atoms with Gasteiger partial charge in [-0.25, -0.2) is 13.1 Å². The zero-order chi connectivity index (χ0) is 11.8. The van der Waals surface area contributed by atoms with Crippen LogP contribution in [0.1, 0.15) is 19.4 Å². The molecule has 1 aromatic heterocycles. The Morgan fingerprint density at radius 3 is 3.00 bits per heavy atom. The van der Waals surface area contributed by atoms with E-state index >= 15 is 0 Å². The number of sulfone groups is 1. The first-order chi connectivity index (χ1) is 7.52. The summed E-state index contributed by atoms with van der Waals surface area (Å²) in [6.45, 7) is 2.04.